The highest BCUT2D eigenvalue weighted by Crippen LogP contribution is 2.58. The van der Waals surface area contributed by atoms with Gasteiger partial charge >= 0.3 is 0 Å². The molecule has 1 fully saturated rings. The summed E-state index contributed by atoms with van der Waals surface area (Å²) in [6.07, 6.45) is 15.8. The molecule has 0 aromatic rings. The van der Waals surface area contributed by atoms with Gasteiger partial charge in [-0.15, -0.1) is 0 Å². The van der Waals surface area contributed by atoms with E-state index in [9.17, 15) is 0 Å². The van der Waals surface area contributed by atoms with E-state index in [1.54, 1.807) is 44.6 Å². The molecule has 2 bridgehead atoms. The third-order valence-electron chi connectivity index (χ3n) is 4.81. The van der Waals surface area contributed by atoms with Crippen molar-refractivity contribution in [3.63, 3.8) is 0 Å². The number of hydrogen-bond donors (Lipinski definition) is 0. The second-order valence-corrected chi connectivity index (χ2v) is 5.64. The van der Waals surface area contributed by atoms with E-state index in [1.807, 2.05) is 0 Å². The quantitative estimate of drug-likeness (QED) is 0.568. The van der Waals surface area contributed by atoms with Gasteiger partial charge < -0.3 is 0 Å². The lowest BCUT2D eigenvalue weighted by Crippen LogP contribution is -2.05. The van der Waals surface area contributed by atoms with Gasteiger partial charge in [-0.25, -0.2) is 0 Å². The van der Waals surface area contributed by atoms with Crippen LogP contribution in [0.15, 0.2) is 68.9 Å². The Morgan fingerprint density at radius 1 is 0.882 bits per heavy atom. The van der Waals surface area contributed by atoms with Crippen molar-refractivity contribution in [2.24, 2.45) is 0 Å². The lowest BCUT2D eigenvalue weighted by Gasteiger charge is -2.24. The first-order valence-corrected chi connectivity index (χ1v) is 6.71. The lowest BCUT2D eigenvalue weighted by molar-refractivity contribution is 0.749. The summed E-state index contributed by atoms with van der Waals surface area (Å²) in [5, 5.41) is 0. The maximum Gasteiger partial charge on any atom is -0.00131 e. The molecule has 0 aromatic carbocycles. The van der Waals surface area contributed by atoms with E-state index < -0.39 is 0 Å². The van der Waals surface area contributed by atoms with Gasteiger partial charge in [0.05, 0.1) is 0 Å². The van der Waals surface area contributed by atoms with Crippen LogP contribution in [-0.2, 0) is 0 Å². The monoisotopic (exact) mass is 218 g/mol. The SMILES string of the molecule is C1=CC2=C3C4=CC=C(C4)C3=C3CCCC(=C23)C1. The highest BCUT2D eigenvalue weighted by atomic mass is 14.4. The molecule has 82 valence electrons. The van der Waals surface area contributed by atoms with Crippen molar-refractivity contribution < 1.29 is 0 Å². The molecule has 0 aliphatic heterocycles. The highest BCUT2D eigenvalue weighted by molar-refractivity contribution is 5.84. The van der Waals surface area contributed by atoms with E-state index in [0.717, 1.165) is 0 Å². The van der Waals surface area contributed by atoms with Gasteiger partial charge in [-0.05, 0) is 71.1 Å². The van der Waals surface area contributed by atoms with Crippen molar-refractivity contribution in [1.82, 2.24) is 0 Å². The van der Waals surface area contributed by atoms with Gasteiger partial charge in [0.15, 0.2) is 0 Å². The molecule has 5 aliphatic carbocycles. The third-order valence-corrected chi connectivity index (χ3v) is 4.81. The van der Waals surface area contributed by atoms with E-state index in [4.69, 9.17) is 0 Å². The summed E-state index contributed by atoms with van der Waals surface area (Å²) in [4.78, 5) is 0. The standard InChI is InChI=1S/C17H14/c1-3-10-4-2-6-14-15(10)13(5-1)16-11-7-8-12(9-11)17(14)16/h1,5,7-8H,2-4,6,9H2. The minimum atomic E-state index is 1.20. The van der Waals surface area contributed by atoms with Crippen molar-refractivity contribution in [1.29, 1.82) is 0 Å². The van der Waals surface area contributed by atoms with E-state index in [-0.39, 0.29) is 0 Å². The number of fused-ring (bicyclic) bond motifs is 5. The van der Waals surface area contributed by atoms with Crippen molar-refractivity contribution in [2.75, 3.05) is 0 Å². The first kappa shape index (κ1) is 8.52. The van der Waals surface area contributed by atoms with Crippen molar-refractivity contribution in [3.8, 4) is 0 Å². The predicted octanol–water partition coefficient (Wildman–Crippen LogP) is 4.30. The molecule has 1 saturated carbocycles. The molecular formula is C17H14. The fourth-order valence-corrected chi connectivity index (χ4v) is 4.20. The van der Waals surface area contributed by atoms with E-state index in [2.05, 4.69) is 24.3 Å². The molecule has 0 heteroatoms. The second kappa shape index (κ2) is 2.64. The molecule has 0 amide bonds. The molecule has 0 N–H and O–H groups in total. The Kier molecular flexibility index (Phi) is 1.32. The summed E-state index contributed by atoms with van der Waals surface area (Å²) in [5.41, 5.74) is 13.0. The summed E-state index contributed by atoms with van der Waals surface area (Å²) in [6.45, 7) is 0. The summed E-state index contributed by atoms with van der Waals surface area (Å²) >= 11 is 0. The molecule has 0 nitrogen and oxygen atoms in total. The van der Waals surface area contributed by atoms with Crippen LogP contribution < -0.4 is 0 Å². The van der Waals surface area contributed by atoms with Gasteiger partial charge in [0.2, 0.25) is 0 Å². The van der Waals surface area contributed by atoms with Gasteiger partial charge in [0.1, 0.15) is 0 Å². The smallest absolute Gasteiger partial charge is 0.00131 e. The van der Waals surface area contributed by atoms with Crippen LogP contribution in [0.2, 0.25) is 0 Å². The first-order valence-electron chi connectivity index (χ1n) is 6.71. The van der Waals surface area contributed by atoms with Crippen LogP contribution in [0.5, 0.6) is 0 Å². The molecule has 17 heavy (non-hydrogen) atoms. The minimum Gasteiger partial charge on any atom is -0.0798 e. The summed E-state index contributed by atoms with van der Waals surface area (Å²) < 4.78 is 0. The number of hydrogen-bond acceptors (Lipinski definition) is 0. The van der Waals surface area contributed by atoms with Crippen LogP contribution in [0.25, 0.3) is 0 Å². The molecule has 0 heterocycles. The van der Waals surface area contributed by atoms with Crippen LogP contribution in [0.4, 0.5) is 0 Å². The number of rotatable bonds is 0. The van der Waals surface area contributed by atoms with E-state index in [1.165, 1.54) is 32.1 Å². The van der Waals surface area contributed by atoms with Crippen molar-refractivity contribution in [2.45, 2.75) is 32.1 Å². The Bertz CT molecular complexity index is 654. The molecule has 0 atom stereocenters. The van der Waals surface area contributed by atoms with Gasteiger partial charge in [0.25, 0.3) is 0 Å². The van der Waals surface area contributed by atoms with Crippen LogP contribution in [-0.4, -0.2) is 0 Å². The molecule has 0 saturated heterocycles. The summed E-state index contributed by atoms with van der Waals surface area (Å²) in [7, 11) is 0. The molecule has 0 radical (unpaired) electrons. The van der Waals surface area contributed by atoms with Crippen molar-refractivity contribution in [3.05, 3.63) is 68.9 Å². The molecule has 0 spiro atoms. The average Bonchev–Trinajstić information content (AvgIpc) is 3.03. The predicted molar refractivity (Wildman–Crippen MR) is 69.5 cm³/mol. The zero-order valence-corrected chi connectivity index (χ0v) is 9.84. The Hall–Kier alpha value is -1.56. The largest absolute Gasteiger partial charge is 0.0798 e. The van der Waals surface area contributed by atoms with Gasteiger partial charge in [-0.3, -0.25) is 0 Å². The summed E-state index contributed by atoms with van der Waals surface area (Å²) in [5.74, 6) is 0. The van der Waals surface area contributed by atoms with Crippen molar-refractivity contribution >= 4 is 0 Å². The van der Waals surface area contributed by atoms with Crippen LogP contribution >= 0.6 is 0 Å². The Morgan fingerprint density at radius 2 is 1.76 bits per heavy atom. The van der Waals surface area contributed by atoms with E-state index >= 15 is 0 Å². The molecule has 5 aliphatic rings. The lowest BCUT2D eigenvalue weighted by atomic mass is 9.81. The summed E-state index contributed by atoms with van der Waals surface area (Å²) in [6, 6.07) is 0. The maximum atomic E-state index is 2.38. The fraction of sp³-hybridized carbons (Fsp3) is 0.294. The third kappa shape index (κ3) is 0.845. The van der Waals surface area contributed by atoms with Gasteiger partial charge in [0, 0.05) is 0 Å². The Balaban J connectivity index is 1.93. The number of allylic oxidation sites excluding steroid dienone is 12. The minimum absolute atomic E-state index is 1.20. The van der Waals surface area contributed by atoms with Gasteiger partial charge in [-0.2, -0.15) is 0 Å². The fourth-order valence-electron chi connectivity index (χ4n) is 4.20. The zero-order chi connectivity index (χ0) is 11.0. The Labute approximate surface area is 101 Å². The molecule has 0 unspecified atom stereocenters. The average molecular weight is 218 g/mol. The Morgan fingerprint density at radius 3 is 2.71 bits per heavy atom. The molecule has 5 rings (SSSR count). The first-order chi connectivity index (χ1) is 8.43. The van der Waals surface area contributed by atoms with Crippen LogP contribution in [0.3, 0.4) is 0 Å². The second-order valence-electron chi connectivity index (χ2n) is 5.64. The van der Waals surface area contributed by atoms with Crippen LogP contribution in [0.1, 0.15) is 32.1 Å². The molecule has 0 aromatic heterocycles. The van der Waals surface area contributed by atoms with E-state index in [0.29, 0.717) is 0 Å². The highest BCUT2D eigenvalue weighted by Gasteiger charge is 2.40. The zero-order valence-electron chi connectivity index (χ0n) is 9.84. The molecular weight excluding hydrogens is 204 g/mol. The van der Waals surface area contributed by atoms with Gasteiger partial charge in [-0.1, -0.05) is 29.9 Å². The van der Waals surface area contributed by atoms with Crippen LogP contribution in [0, 0.1) is 0 Å². The maximum absolute atomic E-state index is 2.38. The normalized spacial score (nSPS) is 27.8. The topological polar surface area (TPSA) is 0 Å².